The highest BCUT2D eigenvalue weighted by atomic mass is 19.1. The molecule has 1 atom stereocenters. The van der Waals surface area contributed by atoms with Crippen molar-refractivity contribution in [3.8, 4) is 0 Å². The first kappa shape index (κ1) is 16.5. The minimum atomic E-state index is -1.06. The Morgan fingerprint density at radius 1 is 1.14 bits per heavy atom. The van der Waals surface area contributed by atoms with Gasteiger partial charge in [-0.15, -0.1) is 0 Å². The van der Waals surface area contributed by atoms with E-state index in [2.05, 4.69) is 5.32 Å². The van der Waals surface area contributed by atoms with Gasteiger partial charge in [-0.3, -0.25) is 4.79 Å². The van der Waals surface area contributed by atoms with Crippen molar-refractivity contribution in [2.24, 2.45) is 5.92 Å². The van der Waals surface area contributed by atoms with Gasteiger partial charge in [0.15, 0.2) is 0 Å². The number of halogens is 1. The molecule has 1 aliphatic carbocycles. The fraction of sp³-hybridized carbons (Fsp3) is 0.529. The average Bonchev–Trinajstić information content (AvgIpc) is 2.77. The summed E-state index contributed by atoms with van der Waals surface area (Å²) < 4.78 is 12.9. The summed E-state index contributed by atoms with van der Waals surface area (Å²) in [6, 6.07) is 4.70. The summed E-state index contributed by atoms with van der Waals surface area (Å²) in [4.78, 5) is 23.6. The summed E-state index contributed by atoms with van der Waals surface area (Å²) in [5.74, 6) is -1.68. The maximum absolute atomic E-state index is 12.9. The van der Waals surface area contributed by atoms with Crippen molar-refractivity contribution < 1.29 is 19.1 Å². The lowest BCUT2D eigenvalue weighted by Gasteiger charge is -2.19. The number of carboxylic acid groups (broad SMARTS) is 1. The van der Waals surface area contributed by atoms with Crippen LogP contribution in [-0.4, -0.2) is 23.0 Å². The Hall–Kier alpha value is -1.91. The van der Waals surface area contributed by atoms with Crippen LogP contribution < -0.4 is 5.32 Å². The number of rotatable bonds is 5. The standard InChI is InChI=1S/C17H22FNO3/c18-14-9-7-12(8-10-14)11-15(17(21)22)19-16(20)13-5-3-1-2-4-6-13/h7-10,13,15H,1-6,11H2,(H,19,20)(H,21,22). The largest absolute Gasteiger partial charge is 0.480 e. The lowest BCUT2D eigenvalue weighted by Crippen LogP contribution is -2.44. The molecule has 5 heteroatoms. The Bertz CT molecular complexity index is 507. The molecular weight excluding hydrogens is 285 g/mol. The van der Waals surface area contributed by atoms with Crippen molar-refractivity contribution in [2.75, 3.05) is 0 Å². The van der Waals surface area contributed by atoms with Gasteiger partial charge >= 0.3 is 5.97 Å². The Balaban J connectivity index is 1.97. The molecule has 0 spiro atoms. The van der Waals surface area contributed by atoms with Crippen molar-refractivity contribution in [3.63, 3.8) is 0 Å². The van der Waals surface area contributed by atoms with E-state index >= 15 is 0 Å². The van der Waals surface area contributed by atoms with Crippen molar-refractivity contribution in [3.05, 3.63) is 35.6 Å². The molecule has 1 aromatic rings. The van der Waals surface area contributed by atoms with E-state index in [0.717, 1.165) is 38.5 Å². The highest BCUT2D eigenvalue weighted by Gasteiger charge is 2.26. The summed E-state index contributed by atoms with van der Waals surface area (Å²) in [6.07, 6.45) is 6.14. The first-order valence-electron chi connectivity index (χ1n) is 7.84. The SMILES string of the molecule is O=C(NC(Cc1ccc(F)cc1)C(=O)O)C1CCCCCC1. The molecule has 120 valence electrons. The van der Waals surface area contributed by atoms with Gasteiger partial charge in [0.1, 0.15) is 11.9 Å². The van der Waals surface area contributed by atoms with Crippen LogP contribution in [0.2, 0.25) is 0 Å². The van der Waals surface area contributed by atoms with E-state index in [9.17, 15) is 19.1 Å². The molecular formula is C17H22FNO3. The second-order valence-corrected chi connectivity index (χ2v) is 5.92. The quantitative estimate of drug-likeness (QED) is 0.822. The molecule has 0 radical (unpaired) electrons. The van der Waals surface area contributed by atoms with Gasteiger partial charge in [-0.05, 0) is 30.5 Å². The van der Waals surface area contributed by atoms with Gasteiger partial charge in [-0.2, -0.15) is 0 Å². The molecule has 2 N–H and O–H groups in total. The number of nitrogens with one attached hydrogen (secondary N) is 1. The number of hydrogen-bond donors (Lipinski definition) is 2. The van der Waals surface area contributed by atoms with Crippen molar-refractivity contribution in [2.45, 2.75) is 51.0 Å². The fourth-order valence-electron chi connectivity index (χ4n) is 2.89. The number of amides is 1. The lowest BCUT2D eigenvalue weighted by molar-refractivity contribution is -0.142. The predicted octanol–water partition coefficient (Wildman–Crippen LogP) is 2.91. The molecule has 0 saturated heterocycles. The molecule has 22 heavy (non-hydrogen) atoms. The molecule has 1 fully saturated rings. The second-order valence-electron chi connectivity index (χ2n) is 5.92. The van der Waals surface area contributed by atoms with E-state index < -0.39 is 12.0 Å². The third kappa shape index (κ3) is 4.83. The summed E-state index contributed by atoms with van der Waals surface area (Å²) in [6.45, 7) is 0. The van der Waals surface area contributed by atoms with Crippen LogP contribution in [0.1, 0.15) is 44.1 Å². The third-order valence-corrected chi connectivity index (χ3v) is 4.19. The highest BCUT2D eigenvalue weighted by Crippen LogP contribution is 2.23. The maximum Gasteiger partial charge on any atom is 0.326 e. The van der Waals surface area contributed by atoms with Gasteiger partial charge in [0.2, 0.25) is 5.91 Å². The van der Waals surface area contributed by atoms with Crippen LogP contribution >= 0.6 is 0 Å². The van der Waals surface area contributed by atoms with E-state index in [1.54, 1.807) is 12.1 Å². The van der Waals surface area contributed by atoms with Crippen molar-refractivity contribution in [1.82, 2.24) is 5.32 Å². The monoisotopic (exact) mass is 307 g/mol. The molecule has 0 heterocycles. The highest BCUT2D eigenvalue weighted by molar-refractivity contribution is 5.85. The number of carbonyl (C=O) groups excluding carboxylic acids is 1. The molecule has 1 unspecified atom stereocenters. The zero-order chi connectivity index (χ0) is 15.9. The first-order valence-corrected chi connectivity index (χ1v) is 7.84. The molecule has 1 aromatic carbocycles. The minimum Gasteiger partial charge on any atom is -0.480 e. The van der Waals surface area contributed by atoms with Gasteiger partial charge in [0, 0.05) is 12.3 Å². The Kier molecular flexibility index (Phi) is 5.92. The van der Waals surface area contributed by atoms with Crippen LogP contribution in [0.5, 0.6) is 0 Å². The van der Waals surface area contributed by atoms with Gasteiger partial charge in [-0.25, -0.2) is 9.18 Å². The third-order valence-electron chi connectivity index (χ3n) is 4.19. The van der Waals surface area contributed by atoms with E-state index in [-0.39, 0.29) is 24.1 Å². The number of carboxylic acids is 1. The molecule has 0 aliphatic heterocycles. The zero-order valence-electron chi connectivity index (χ0n) is 12.6. The van der Waals surface area contributed by atoms with Crippen LogP contribution in [0.3, 0.4) is 0 Å². The Morgan fingerprint density at radius 3 is 2.27 bits per heavy atom. The van der Waals surface area contributed by atoms with Crippen LogP contribution in [0, 0.1) is 11.7 Å². The number of benzene rings is 1. The smallest absolute Gasteiger partial charge is 0.326 e. The lowest BCUT2D eigenvalue weighted by atomic mass is 9.98. The van der Waals surface area contributed by atoms with Crippen LogP contribution in [0.25, 0.3) is 0 Å². The maximum atomic E-state index is 12.9. The van der Waals surface area contributed by atoms with E-state index in [1.165, 1.54) is 12.1 Å². The van der Waals surface area contributed by atoms with Gasteiger partial charge in [-0.1, -0.05) is 37.8 Å². The van der Waals surface area contributed by atoms with Crippen molar-refractivity contribution >= 4 is 11.9 Å². The van der Waals surface area contributed by atoms with E-state index in [4.69, 9.17) is 0 Å². The normalized spacial score (nSPS) is 17.5. The van der Waals surface area contributed by atoms with Gasteiger partial charge < -0.3 is 10.4 Å². The Labute approximate surface area is 129 Å². The van der Waals surface area contributed by atoms with Crippen LogP contribution in [-0.2, 0) is 16.0 Å². The molecule has 0 bridgehead atoms. The topological polar surface area (TPSA) is 66.4 Å². The van der Waals surface area contributed by atoms with E-state index in [0.29, 0.717) is 5.56 Å². The number of hydrogen-bond acceptors (Lipinski definition) is 2. The summed E-state index contributed by atoms with van der Waals surface area (Å²) in [7, 11) is 0. The van der Waals surface area contributed by atoms with Gasteiger partial charge in [0.05, 0.1) is 0 Å². The van der Waals surface area contributed by atoms with Crippen LogP contribution in [0.4, 0.5) is 4.39 Å². The number of aliphatic carboxylic acids is 1. The van der Waals surface area contributed by atoms with Gasteiger partial charge in [0.25, 0.3) is 0 Å². The minimum absolute atomic E-state index is 0.0856. The molecule has 1 saturated carbocycles. The van der Waals surface area contributed by atoms with Crippen molar-refractivity contribution in [1.29, 1.82) is 0 Å². The Morgan fingerprint density at radius 2 is 1.73 bits per heavy atom. The van der Waals surface area contributed by atoms with Crippen LogP contribution in [0.15, 0.2) is 24.3 Å². The average molecular weight is 307 g/mol. The van der Waals surface area contributed by atoms with E-state index in [1.807, 2.05) is 0 Å². The fourth-order valence-corrected chi connectivity index (χ4v) is 2.89. The molecule has 0 aromatic heterocycles. The summed E-state index contributed by atoms with van der Waals surface area (Å²) >= 11 is 0. The first-order chi connectivity index (χ1) is 10.6. The zero-order valence-corrected chi connectivity index (χ0v) is 12.6. The molecule has 1 aliphatic rings. The number of carbonyl (C=O) groups is 2. The summed E-state index contributed by atoms with van der Waals surface area (Å²) in [5.41, 5.74) is 0.690. The second kappa shape index (κ2) is 7.92. The molecule has 1 amide bonds. The molecule has 2 rings (SSSR count). The molecule has 4 nitrogen and oxygen atoms in total. The summed E-state index contributed by atoms with van der Waals surface area (Å²) in [5, 5.41) is 11.9. The predicted molar refractivity (Wildman–Crippen MR) is 80.9 cm³/mol.